The molecule has 6 N–H and O–H groups in total. The Morgan fingerprint density at radius 1 is 1.00 bits per heavy atom. The number of hydrogen-bond donors (Lipinski definition) is 6. The lowest BCUT2D eigenvalue weighted by Crippen LogP contribution is -2.06. The van der Waals surface area contributed by atoms with Crippen molar-refractivity contribution in [3.8, 4) is 0 Å². The Balaban J connectivity index is 3.31. The van der Waals surface area contributed by atoms with Crippen molar-refractivity contribution in [2.24, 2.45) is 5.18 Å². The molecule has 0 atom stereocenters. The minimum absolute atomic E-state index is 0.248. The number of nitrogens with zero attached hydrogens (tertiary/aromatic N) is 3. The van der Waals surface area contributed by atoms with E-state index in [1.165, 1.54) is 0 Å². The van der Waals surface area contributed by atoms with Gasteiger partial charge >= 0.3 is 0 Å². The molecule has 0 amide bonds. The molecule has 14 heavy (non-hydrogen) atoms. The second-order valence-corrected chi connectivity index (χ2v) is 2.02. The average molecular weight is 202 g/mol. The molecule has 1 aromatic rings. The maximum atomic E-state index is 10.1. The Kier molecular flexibility index (Phi) is 3.06. The van der Waals surface area contributed by atoms with Crippen molar-refractivity contribution in [1.29, 1.82) is 0 Å². The van der Waals surface area contributed by atoms with Gasteiger partial charge in [0.15, 0.2) is 11.6 Å². The van der Waals surface area contributed by atoms with Gasteiger partial charge in [-0.2, -0.15) is 9.97 Å². The normalized spacial score (nSPS) is 9.36. The first-order chi connectivity index (χ1) is 6.76. The van der Waals surface area contributed by atoms with Gasteiger partial charge in [0.1, 0.15) is 5.69 Å². The van der Waals surface area contributed by atoms with Gasteiger partial charge in [0.05, 0.1) is 0 Å². The molecule has 0 radical (unpaired) electrons. The predicted molar refractivity (Wildman–Crippen MR) is 43.7 cm³/mol. The summed E-state index contributed by atoms with van der Waals surface area (Å²) in [5.74, 6) is -1.18. The van der Waals surface area contributed by atoms with E-state index in [1.54, 1.807) is 16.4 Å². The summed E-state index contributed by atoms with van der Waals surface area (Å²) in [7, 11) is 0. The topological polar surface area (TPSA) is 152 Å². The van der Waals surface area contributed by atoms with Crippen molar-refractivity contribution < 1.29 is 15.6 Å². The van der Waals surface area contributed by atoms with E-state index in [1.807, 2.05) is 0 Å². The van der Waals surface area contributed by atoms with Crippen LogP contribution in [0.2, 0.25) is 0 Å². The third-order valence-corrected chi connectivity index (χ3v) is 1.30. The molecule has 10 heteroatoms. The van der Waals surface area contributed by atoms with Crippen LogP contribution in [0.3, 0.4) is 0 Å². The van der Waals surface area contributed by atoms with Crippen molar-refractivity contribution in [3.63, 3.8) is 0 Å². The van der Waals surface area contributed by atoms with Crippen LogP contribution >= 0.6 is 0 Å². The molecule has 1 heterocycles. The Morgan fingerprint density at radius 3 is 1.79 bits per heavy atom. The SMILES string of the molecule is O=Nc1nc(NO)c(NO)c(NO)n1. The summed E-state index contributed by atoms with van der Waals surface area (Å²) >= 11 is 0. The molecular formula is C4H6N6O4. The third kappa shape index (κ3) is 1.66. The molecule has 0 aliphatic carbocycles. The Hall–Kier alpha value is -2.04. The standard InChI is InChI=1S/C4H6N6O4/c11-7-1-2(8-12)5-4(10-14)6-3(1)9-13/h7,11-13H,(H2,5,6,8,9). The van der Waals surface area contributed by atoms with E-state index >= 15 is 0 Å². The third-order valence-electron chi connectivity index (χ3n) is 1.30. The highest BCUT2D eigenvalue weighted by Crippen LogP contribution is 2.28. The van der Waals surface area contributed by atoms with Gasteiger partial charge in [-0.15, -0.1) is 4.91 Å². The first-order valence-electron chi connectivity index (χ1n) is 3.22. The van der Waals surface area contributed by atoms with Gasteiger partial charge in [-0.1, -0.05) is 0 Å². The summed E-state index contributed by atoms with van der Waals surface area (Å²) in [6, 6.07) is 0. The smallest absolute Gasteiger partial charge is 0.291 e. The van der Waals surface area contributed by atoms with Crippen molar-refractivity contribution in [2.75, 3.05) is 16.4 Å². The van der Waals surface area contributed by atoms with E-state index in [2.05, 4.69) is 15.1 Å². The van der Waals surface area contributed by atoms with Crippen LogP contribution in [0.25, 0.3) is 0 Å². The molecule has 0 aliphatic heterocycles. The Morgan fingerprint density at radius 2 is 1.50 bits per heavy atom. The van der Waals surface area contributed by atoms with E-state index in [0.717, 1.165) is 0 Å². The number of rotatable bonds is 4. The van der Waals surface area contributed by atoms with Crippen LogP contribution in [0.15, 0.2) is 5.18 Å². The molecule has 0 saturated carbocycles. The van der Waals surface area contributed by atoms with E-state index in [9.17, 15) is 4.91 Å². The molecule has 0 unspecified atom stereocenters. The maximum Gasteiger partial charge on any atom is 0.295 e. The quantitative estimate of drug-likeness (QED) is 0.298. The lowest BCUT2D eigenvalue weighted by Gasteiger charge is -2.09. The molecule has 0 bridgehead atoms. The summed E-state index contributed by atoms with van der Waals surface area (Å²) in [6.45, 7) is 0. The molecule has 1 aromatic heterocycles. The summed E-state index contributed by atoms with van der Waals surface area (Å²) in [4.78, 5) is 16.8. The molecule has 0 aliphatic rings. The van der Waals surface area contributed by atoms with Crippen LogP contribution < -0.4 is 16.4 Å². The zero-order valence-electron chi connectivity index (χ0n) is 6.59. The lowest BCUT2D eigenvalue weighted by molar-refractivity contribution is 0.368. The first-order valence-corrected chi connectivity index (χ1v) is 3.22. The number of nitrogens with one attached hydrogen (secondary N) is 3. The molecule has 10 nitrogen and oxygen atoms in total. The molecule has 0 spiro atoms. The summed E-state index contributed by atoms with van der Waals surface area (Å²) in [5, 5.41) is 28.1. The van der Waals surface area contributed by atoms with Gasteiger partial charge in [-0.05, 0) is 0 Å². The fourth-order valence-electron chi connectivity index (χ4n) is 0.757. The van der Waals surface area contributed by atoms with Crippen LogP contribution in [-0.4, -0.2) is 25.6 Å². The number of aromatic nitrogens is 2. The Labute approximate surface area is 76.5 Å². The van der Waals surface area contributed by atoms with Crippen molar-refractivity contribution in [3.05, 3.63) is 4.91 Å². The highest BCUT2D eigenvalue weighted by Gasteiger charge is 2.13. The van der Waals surface area contributed by atoms with Crippen LogP contribution in [0.5, 0.6) is 0 Å². The predicted octanol–water partition coefficient (Wildman–Crippen LogP) is 0.278. The largest absolute Gasteiger partial charge is 0.295 e. The van der Waals surface area contributed by atoms with E-state index < -0.39 is 5.95 Å². The zero-order valence-corrected chi connectivity index (χ0v) is 6.59. The zero-order chi connectivity index (χ0) is 10.6. The van der Waals surface area contributed by atoms with Gasteiger partial charge in [-0.25, -0.2) is 0 Å². The lowest BCUT2D eigenvalue weighted by atomic mass is 10.4. The Bertz CT molecular complexity index is 318. The highest BCUT2D eigenvalue weighted by molar-refractivity contribution is 5.76. The minimum atomic E-state index is -0.530. The number of hydrogen-bond acceptors (Lipinski definition) is 10. The van der Waals surface area contributed by atoms with E-state index in [0.29, 0.717) is 0 Å². The van der Waals surface area contributed by atoms with Gasteiger partial charge in [0.25, 0.3) is 5.95 Å². The van der Waals surface area contributed by atoms with Crippen molar-refractivity contribution >= 4 is 23.3 Å². The van der Waals surface area contributed by atoms with Crippen molar-refractivity contribution in [2.45, 2.75) is 0 Å². The van der Waals surface area contributed by atoms with Gasteiger partial charge < -0.3 is 0 Å². The van der Waals surface area contributed by atoms with Gasteiger partial charge in [0.2, 0.25) is 0 Å². The molecule has 0 aromatic carbocycles. The fraction of sp³-hybridized carbons (Fsp3) is 0. The van der Waals surface area contributed by atoms with Crippen LogP contribution in [-0.2, 0) is 0 Å². The highest BCUT2D eigenvalue weighted by atomic mass is 16.5. The first kappa shape index (κ1) is 10.0. The van der Waals surface area contributed by atoms with Crippen molar-refractivity contribution in [1.82, 2.24) is 9.97 Å². The van der Waals surface area contributed by atoms with Crippen LogP contribution in [0.1, 0.15) is 0 Å². The minimum Gasteiger partial charge on any atom is -0.291 e. The van der Waals surface area contributed by atoms with Gasteiger partial charge in [-0.3, -0.25) is 32.1 Å². The molecule has 76 valence electrons. The monoisotopic (exact) mass is 202 g/mol. The molecule has 1 rings (SSSR count). The molecule has 0 fully saturated rings. The summed E-state index contributed by atoms with van der Waals surface area (Å²) in [5.41, 5.74) is 4.50. The maximum absolute atomic E-state index is 10.1. The fourth-order valence-corrected chi connectivity index (χ4v) is 0.757. The summed E-state index contributed by atoms with van der Waals surface area (Å²) in [6.07, 6.45) is 0. The van der Waals surface area contributed by atoms with Crippen LogP contribution in [0.4, 0.5) is 23.3 Å². The number of anilines is 3. The van der Waals surface area contributed by atoms with E-state index in [4.69, 9.17) is 15.6 Å². The molecule has 0 saturated heterocycles. The second-order valence-electron chi connectivity index (χ2n) is 2.02. The van der Waals surface area contributed by atoms with Crippen LogP contribution in [0, 0.1) is 4.91 Å². The summed E-state index contributed by atoms with van der Waals surface area (Å²) < 4.78 is 0. The average Bonchev–Trinajstić information content (AvgIpc) is 2.26. The molecular weight excluding hydrogens is 196 g/mol. The number of nitroso groups, excluding NO2 is 1. The van der Waals surface area contributed by atoms with E-state index in [-0.39, 0.29) is 17.3 Å². The van der Waals surface area contributed by atoms with Gasteiger partial charge in [0, 0.05) is 5.18 Å². The second kappa shape index (κ2) is 4.27.